The number of ether oxygens (including phenoxy) is 2. The largest absolute Gasteiger partial charge is 0.465 e. The SMILES string of the molecule is O=C(O)NCCCCCC(=O)NCCOCCOCCCCCCCl. The Kier molecular flexibility index (Phi) is 18.5. The van der Waals surface area contributed by atoms with Crippen molar-refractivity contribution >= 4 is 23.6 Å². The van der Waals surface area contributed by atoms with Crippen molar-refractivity contribution in [2.45, 2.75) is 51.4 Å². The Morgan fingerprint density at radius 1 is 0.760 bits per heavy atom. The topological polar surface area (TPSA) is 96.9 Å². The summed E-state index contributed by atoms with van der Waals surface area (Å²) in [7, 11) is 0. The molecule has 3 N–H and O–H groups in total. The third-order valence-electron chi connectivity index (χ3n) is 3.47. The van der Waals surface area contributed by atoms with Gasteiger partial charge >= 0.3 is 6.09 Å². The molecule has 0 bridgehead atoms. The second-order valence-electron chi connectivity index (χ2n) is 5.72. The predicted molar refractivity (Wildman–Crippen MR) is 98.3 cm³/mol. The van der Waals surface area contributed by atoms with Crippen molar-refractivity contribution in [3.8, 4) is 0 Å². The minimum Gasteiger partial charge on any atom is -0.465 e. The summed E-state index contributed by atoms with van der Waals surface area (Å²) in [5.74, 6) is 0.734. The van der Waals surface area contributed by atoms with Crippen LogP contribution in [-0.2, 0) is 14.3 Å². The lowest BCUT2D eigenvalue weighted by atomic mass is 10.2. The van der Waals surface area contributed by atoms with Crippen molar-refractivity contribution in [2.75, 3.05) is 45.4 Å². The van der Waals surface area contributed by atoms with Crippen LogP contribution < -0.4 is 10.6 Å². The van der Waals surface area contributed by atoms with Gasteiger partial charge in [0.2, 0.25) is 5.91 Å². The highest BCUT2D eigenvalue weighted by molar-refractivity contribution is 6.17. The zero-order valence-corrected chi connectivity index (χ0v) is 15.8. The van der Waals surface area contributed by atoms with E-state index in [1.54, 1.807) is 0 Å². The number of amides is 2. The van der Waals surface area contributed by atoms with Crippen LogP contribution in [-0.4, -0.2) is 62.5 Å². The molecule has 148 valence electrons. The average Bonchev–Trinajstić information content (AvgIpc) is 2.58. The summed E-state index contributed by atoms with van der Waals surface area (Å²) in [4.78, 5) is 21.8. The van der Waals surface area contributed by atoms with Crippen molar-refractivity contribution in [1.29, 1.82) is 0 Å². The molecule has 25 heavy (non-hydrogen) atoms. The van der Waals surface area contributed by atoms with E-state index in [-0.39, 0.29) is 5.91 Å². The average molecular weight is 381 g/mol. The van der Waals surface area contributed by atoms with E-state index < -0.39 is 6.09 Å². The lowest BCUT2D eigenvalue weighted by molar-refractivity contribution is -0.121. The van der Waals surface area contributed by atoms with Crippen LogP contribution in [0.2, 0.25) is 0 Å². The first kappa shape index (κ1) is 23.9. The zero-order valence-electron chi connectivity index (χ0n) is 15.1. The molecule has 0 heterocycles. The number of hydrogen-bond donors (Lipinski definition) is 3. The maximum atomic E-state index is 11.6. The monoisotopic (exact) mass is 380 g/mol. The van der Waals surface area contributed by atoms with Crippen LogP contribution in [0.25, 0.3) is 0 Å². The van der Waals surface area contributed by atoms with E-state index in [0.29, 0.717) is 39.3 Å². The van der Waals surface area contributed by atoms with Crippen LogP contribution in [0.1, 0.15) is 51.4 Å². The Hall–Kier alpha value is -1.05. The summed E-state index contributed by atoms with van der Waals surface area (Å²) < 4.78 is 10.8. The summed E-state index contributed by atoms with van der Waals surface area (Å²) in [6.07, 6.45) is 6.20. The Labute approximate surface area is 155 Å². The molecule has 0 unspecified atom stereocenters. The van der Waals surface area contributed by atoms with Crippen molar-refractivity contribution in [2.24, 2.45) is 0 Å². The number of unbranched alkanes of at least 4 members (excludes halogenated alkanes) is 5. The Bertz CT molecular complexity index is 332. The van der Waals surface area contributed by atoms with Gasteiger partial charge in [-0.2, -0.15) is 0 Å². The molecule has 0 aliphatic rings. The summed E-state index contributed by atoms with van der Waals surface area (Å²) in [6.45, 7) is 3.28. The molecule has 0 rings (SSSR count). The molecule has 0 saturated carbocycles. The van der Waals surface area contributed by atoms with E-state index in [2.05, 4.69) is 10.6 Å². The number of carbonyl (C=O) groups excluding carboxylic acids is 1. The van der Waals surface area contributed by atoms with Gasteiger partial charge < -0.3 is 25.2 Å². The molecule has 0 aliphatic heterocycles. The summed E-state index contributed by atoms with van der Waals surface area (Å²) in [5, 5.41) is 13.5. The second kappa shape index (κ2) is 19.3. The fraction of sp³-hybridized carbons (Fsp3) is 0.882. The smallest absolute Gasteiger partial charge is 0.404 e. The molecular weight excluding hydrogens is 348 g/mol. The number of carboxylic acid groups (broad SMARTS) is 1. The van der Waals surface area contributed by atoms with E-state index in [4.69, 9.17) is 26.2 Å². The molecule has 0 radical (unpaired) electrons. The van der Waals surface area contributed by atoms with Gasteiger partial charge in [-0.1, -0.05) is 19.3 Å². The van der Waals surface area contributed by atoms with Gasteiger partial charge in [-0.05, 0) is 25.7 Å². The molecule has 7 nitrogen and oxygen atoms in total. The fourth-order valence-electron chi connectivity index (χ4n) is 2.11. The first-order valence-electron chi connectivity index (χ1n) is 9.11. The van der Waals surface area contributed by atoms with Gasteiger partial charge in [-0.25, -0.2) is 4.79 Å². The highest BCUT2D eigenvalue weighted by atomic mass is 35.5. The molecule has 0 aromatic carbocycles. The Morgan fingerprint density at radius 2 is 1.44 bits per heavy atom. The fourth-order valence-corrected chi connectivity index (χ4v) is 2.30. The minimum atomic E-state index is -1.01. The number of carbonyl (C=O) groups is 2. The lowest BCUT2D eigenvalue weighted by Crippen LogP contribution is -2.27. The third-order valence-corrected chi connectivity index (χ3v) is 3.74. The van der Waals surface area contributed by atoms with Crippen LogP contribution in [0.5, 0.6) is 0 Å². The molecule has 0 saturated heterocycles. The molecular formula is C17H33ClN2O5. The normalized spacial score (nSPS) is 10.6. The first-order valence-corrected chi connectivity index (χ1v) is 9.65. The number of alkyl halides is 1. The van der Waals surface area contributed by atoms with Crippen molar-refractivity contribution in [3.63, 3.8) is 0 Å². The zero-order chi connectivity index (χ0) is 18.6. The molecule has 0 fully saturated rings. The van der Waals surface area contributed by atoms with Crippen LogP contribution in [0.3, 0.4) is 0 Å². The van der Waals surface area contributed by atoms with Gasteiger partial charge in [0.05, 0.1) is 19.8 Å². The van der Waals surface area contributed by atoms with Gasteiger partial charge in [0, 0.05) is 32.0 Å². The summed E-state index contributed by atoms with van der Waals surface area (Å²) >= 11 is 5.60. The number of hydrogen-bond acceptors (Lipinski definition) is 4. The second-order valence-corrected chi connectivity index (χ2v) is 6.10. The van der Waals surface area contributed by atoms with E-state index in [1.807, 2.05) is 0 Å². The van der Waals surface area contributed by atoms with Crippen LogP contribution >= 0.6 is 11.6 Å². The van der Waals surface area contributed by atoms with E-state index in [1.165, 1.54) is 0 Å². The van der Waals surface area contributed by atoms with Crippen LogP contribution in [0, 0.1) is 0 Å². The maximum Gasteiger partial charge on any atom is 0.404 e. The molecule has 2 amide bonds. The highest BCUT2D eigenvalue weighted by Crippen LogP contribution is 2.01. The van der Waals surface area contributed by atoms with Gasteiger partial charge in [-0.3, -0.25) is 4.79 Å². The standard InChI is InChI=1S/C17H33ClN2O5/c18-9-5-1-2-7-12-24-14-15-25-13-11-19-16(21)8-4-3-6-10-20-17(22)23/h20H,1-15H2,(H,19,21)(H,22,23). The quantitative estimate of drug-likeness (QED) is 0.251. The van der Waals surface area contributed by atoms with Crippen molar-refractivity contribution in [3.05, 3.63) is 0 Å². The molecule has 0 spiro atoms. The highest BCUT2D eigenvalue weighted by Gasteiger charge is 2.01. The molecule has 0 aromatic rings. The first-order chi connectivity index (χ1) is 12.2. The number of halogens is 1. The van der Waals surface area contributed by atoms with Crippen LogP contribution in [0.15, 0.2) is 0 Å². The summed E-state index contributed by atoms with van der Waals surface area (Å²) in [6, 6.07) is 0. The molecule has 0 aliphatic carbocycles. The number of rotatable bonds is 18. The van der Waals surface area contributed by atoms with Crippen molar-refractivity contribution < 1.29 is 24.2 Å². The Morgan fingerprint density at radius 3 is 2.16 bits per heavy atom. The minimum absolute atomic E-state index is 0.00277. The number of nitrogens with one attached hydrogen (secondary N) is 2. The van der Waals surface area contributed by atoms with Gasteiger partial charge in [0.15, 0.2) is 0 Å². The summed E-state index contributed by atoms with van der Waals surface area (Å²) in [5.41, 5.74) is 0. The van der Waals surface area contributed by atoms with E-state index in [0.717, 1.165) is 57.4 Å². The lowest BCUT2D eigenvalue weighted by Gasteiger charge is -2.07. The van der Waals surface area contributed by atoms with Gasteiger partial charge in [-0.15, -0.1) is 11.6 Å². The Balaban J connectivity index is 3.16. The molecule has 0 aromatic heterocycles. The predicted octanol–water partition coefficient (Wildman–Crippen LogP) is 2.76. The maximum absolute atomic E-state index is 11.6. The van der Waals surface area contributed by atoms with Gasteiger partial charge in [0.1, 0.15) is 0 Å². The van der Waals surface area contributed by atoms with Crippen LogP contribution in [0.4, 0.5) is 4.79 Å². The van der Waals surface area contributed by atoms with E-state index in [9.17, 15) is 9.59 Å². The third kappa shape index (κ3) is 20.9. The molecule has 8 heteroatoms. The van der Waals surface area contributed by atoms with Gasteiger partial charge in [0.25, 0.3) is 0 Å². The van der Waals surface area contributed by atoms with Crippen molar-refractivity contribution in [1.82, 2.24) is 10.6 Å². The molecule has 0 atom stereocenters. The van der Waals surface area contributed by atoms with E-state index >= 15 is 0 Å².